The van der Waals surface area contributed by atoms with Crippen LogP contribution in [-0.2, 0) is 23.8 Å². The summed E-state index contributed by atoms with van der Waals surface area (Å²) in [6, 6.07) is 0. The van der Waals surface area contributed by atoms with Gasteiger partial charge in [-0.25, -0.2) is 0 Å². The Morgan fingerprint density at radius 1 is 1.11 bits per heavy atom. The average Bonchev–Trinajstić information content (AvgIpc) is 2.33. The van der Waals surface area contributed by atoms with E-state index in [1.807, 2.05) is 0 Å². The van der Waals surface area contributed by atoms with E-state index in [1.165, 1.54) is 0 Å². The molecule has 114 valence electrons. The Kier molecular flexibility index (Phi) is 6.08. The van der Waals surface area contributed by atoms with E-state index in [2.05, 4.69) is 4.18 Å². The van der Waals surface area contributed by atoms with E-state index >= 15 is 0 Å². The molecule has 0 amide bonds. The predicted octanol–water partition coefficient (Wildman–Crippen LogP) is -3.22. The van der Waals surface area contributed by atoms with Gasteiger partial charge in [-0.2, -0.15) is 8.42 Å². The van der Waals surface area contributed by atoms with E-state index < -0.39 is 47.4 Å². The van der Waals surface area contributed by atoms with Crippen molar-refractivity contribution in [3.63, 3.8) is 0 Å². The number of hydrogen-bond acceptors (Lipinski definition) is 9. The van der Waals surface area contributed by atoms with Crippen molar-refractivity contribution in [2.75, 3.05) is 26.1 Å². The maximum absolute atomic E-state index is 10.7. The highest BCUT2D eigenvalue weighted by molar-refractivity contribution is 7.85. The van der Waals surface area contributed by atoms with Gasteiger partial charge in [0.2, 0.25) is 0 Å². The molecule has 1 aliphatic rings. The summed E-state index contributed by atoms with van der Waals surface area (Å²) in [4.78, 5) is 0. The lowest BCUT2D eigenvalue weighted by atomic mass is 9.99. The van der Waals surface area contributed by atoms with Crippen LogP contribution >= 0.6 is 0 Å². The Morgan fingerprint density at radius 2 is 1.74 bits per heavy atom. The van der Waals surface area contributed by atoms with Gasteiger partial charge in [0.1, 0.15) is 24.4 Å². The van der Waals surface area contributed by atoms with Crippen molar-refractivity contribution in [3.05, 3.63) is 0 Å². The summed E-state index contributed by atoms with van der Waals surface area (Å²) in [6.07, 6.45) is -6.01. The molecule has 10 heteroatoms. The minimum Gasteiger partial charge on any atom is -0.394 e. The molecule has 0 aromatic heterocycles. The maximum atomic E-state index is 10.7. The maximum Gasteiger partial charge on any atom is 0.264 e. The molecule has 0 bridgehead atoms. The molecule has 0 radical (unpaired) electrons. The van der Waals surface area contributed by atoms with Gasteiger partial charge in [-0.05, 0) is 0 Å². The lowest BCUT2D eigenvalue weighted by Crippen LogP contribution is -2.59. The zero-order valence-corrected chi connectivity index (χ0v) is 11.1. The van der Waals surface area contributed by atoms with Crippen LogP contribution in [0, 0.1) is 0 Å². The molecular weight excluding hydrogens is 284 g/mol. The summed E-state index contributed by atoms with van der Waals surface area (Å²) in [5.41, 5.74) is 0. The summed E-state index contributed by atoms with van der Waals surface area (Å²) in [6.45, 7) is -1.06. The zero-order chi connectivity index (χ0) is 14.6. The van der Waals surface area contributed by atoms with Crippen LogP contribution < -0.4 is 0 Å². The van der Waals surface area contributed by atoms with Crippen LogP contribution in [0.25, 0.3) is 0 Å². The Morgan fingerprint density at radius 3 is 2.26 bits per heavy atom. The summed E-state index contributed by atoms with van der Waals surface area (Å²) < 4.78 is 35.8. The fraction of sp³-hybridized carbons (Fsp3) is 1.00. The van der Waals surface area contributed by atoms with E-state index in [-0.39, 0.29) is 13.2 Å². The molecule has 5 atom stereocenters. The first-order valence-corrected chi connectivity index (χ1v) is 7.34. The quantitative estimate of drug-likeness (QED) is 0.294. The lowest BCUT2D eigenvalue weighted by molar-refractivity contribution is -0.301. The second kappa shape index (κ2) is 6.90. The summed E-state index contributed by atoms with van der Waals surface area (Å²) in [7, 11) is -3.59. The highest BCUT2D eigenvalue weighted by atomic mass is 32.2. The van der Waals surface area contributed by atoms with Crippen molar-refractivity contribution < 1.29 is 42.5 Å². The normalized spacial score (nSPS) is 36.4. The molecule has 1 heterocycles. The number of hydrogen-bond donors (Lipinski definition) is 4. The standard InChI is InChI=1S/C9H18O9S/c1-19(14,15)17-3-2-16-9-8(13)7(12)6(11)5(4-10)18-9/h5-13H,2-4H2,1H3/t5-,6+,7+,8-,9-/m1/s1. The first kappa shape index (κ1) is 16.7. The average molecular weight is 302 g/mol. The van der Waals surface area contributed by atoms with Gasteiger partial charge in [0.05, 0.1) is 26.1 Å². The van der Waals surface area contributed by atoms with E-state index in [4.69, 9.17) is 14.6 Å². The second-order valence-electron chi connectivity index (χ2n) is 4.09. The van der Waals surface area contributed by atoms with Gasteiger partial charge in [-0.3, -0.25) is 4.18 Å². The third-order valence-corrected chi connectivity index (χ3v) is 3.11. The van der Waals surface area contributed by atoms with Gasteiger partial charge in [0, 0.05) is 0 Å². The molecule has 0 spiro atoms. The first-order valence-electron chi connectivity index (χ1n) is 5.53. The molecular formula is C9H18O9S. The van der Waals surface area contributed by atoms with Crippen LogP contribution in [0.4, 0.5) is 0 Å². The zero-order valence-electron chi connectivity index (χ0n) is 10.2. The number of aliphatic hydroxyl groups excluding tert-OH is 4. The smallest absolute Gasteiger partial charge is 0.264 e. The molecule has 0 unspecified atom stereocenters. The van der Waals surface area contributed by atoms with Crippen LogP contribution in [0.1, 0.15) is 0 Å². The molecule has 1 fully saturated rings. The van der Waals surface area contributed by atoms with Crippen LogP contribution in [-0.4, -0.2) is 85.6 Å². The first-order chi connectivity index (χ1) is 8.76. The van der Waals surface area contributed by atoms with Crippen molar-refractivity contribution in [3.8, 4) is 0 Å². The van der Waals surface area contributed by atoms with E-state index in [0.717, 1.165) is 6.26 Å². The van der Waals surface area contributed by atoms with Crippen molar-refractivity contribution in [2.45, 2.75) is 30.7 Å². The summed E-state index contributed by atoms with van der Waals surface area (Å²) in [5.74, 6) is 0. The van der Waals surface area contributed by atoms with Crippen molar-refractivity contribution >= 4 is 10.1 Å². The van der Waals surface area contributed by atoms with Gasteiger partial charge in [-0.15, -0.1) is 0 Å². The van der Waals surface area contributed by atoms with Gasteiger partial charge >= 0.3 is 0 Å². The molecule has 1 rings (SSSR count). The van der Waals surface area contributed by atoms with Crippen LogP contribution in [0.15, 0.2) is 0 Å². The van der Waals surface area contributed by atoms with Gasteiger partial charge in [-0.1, -0.05) is 0 Å². The number of rotatable bonds is 6. The molecule has 4 N–H and O–H groups in total. The van der Waals surface area contributed by atoms with Crippen LogP contribution in [0.3, 0.4) is 0 Å². The highest BCUT2D eigenvalue weighted by Crippen LogP contribution is 2.21. The van der Waals surface area contributed by atoms with E-state index in [1.54, 1.807) is 0 Å². The van der Waals surface area contributed by atoms with Crippen molar-refractivity contribution in [1.82, 2.24) is 0 Å². The van der Waals surface area contributed by atoms with Gasteiger partial charge in [0.15, 0.2) is 6.29 Å². The number of ether oxygens (including phenoxy) is 2. The van der Waals surface area contributed by atoms with E-state index in [9.17, 15) is 23.7 Å². The fourth-order valence-electron chi connectivity index (χ4n) is 1.55. The lowest BCUT2D eigenvalue weighted by Gasteiger charge is -2.39. The molecule has 9 nitrogen and oxygen atoms in total. The second-order valence-corrected chi connectivity index (χ2v) is 5.74. The Bertz CT molecular complexity index is 368. The van der Waals surface area contributed by atoms with E-state index in [0.29, 0.717) is 0 Å². The predicted molar refractivity (Wildman–Crippen MR) is 60.5 cm³/mol. The topological polar surface area (TPSA) is 143 Å². The Balaban J connectivity index is 2.44. The monoisotopic (exact) mass is 302 g/mol. The molecule has 0 saturated carbocycles. The van der Waals surface area contributed by atoms with Crippen LogP contribution in [0.5, 0.6) is 0 Å². The van der Waals surface area contributed by atoms with Gasteiger partial charge < -0.3 is 29.9 Å². The fourth-order valence-corrected chi connectivity index (χ4v) is 1.93. The van der Waals surface area contributed by atoms with Crippen molar-refractivity contribution in [2.24, 2.45) is 0 Å². The SMILES string of the molecule is CS(=O)(=O)OCCO[C@@H]1O[C@H](CO)[C@H](O)[C@H](O)[C@H]1O. The third-order valence-electron chi connectivity index (χ3n) is 2.51. The summed E-state index contributed by atoms with van der Waals surface area (Å²) in [5, 5.41) is 37.5. The molecule has 0 aromatic rings. The van der Waals surface area contributed by atoms with Crippen molar-refractivity contribution in [1.29, 1.82) is 0 Å². The van der Waals surface area contributed by atoms with Gasteiger partial charge in [0.25, 0.3) is 10.1 Å². The molecule has 19 heavy (non-hydrogen) atoms. The largest absolute Gasteiger partial charge is 0.394 e. The Hall–Kier alpha value is -0.330. The minimum absolute atomic E-state index is 0.213. The molecule has 1 aliphatic heterocycles. The molecule has 0 aliphatic carbocycles. The third kappa shape index (κ3) is 4.93. The summed E-state index contributed by atoms with van der Waals surface area (Å²) >= 11 is 0. The number of aliphatic hydroxyl groups is 4. The van der Waals surface area contributed by atoms with Crippen LogP contribution in [0.2, 0.25) is 0 Å². The Labute approximate surface area is 110 Å². The highest BCUT2D eigenvalue weighted by Gasteiger charge is 2.43. The minimum atomic E-state index is -3.59. The molecule has 1 saturated heterocycles. The molecule has 0 aromatic carbocycles.